The number of Topliss-reactive ketones (excluding diaryl/α,β-unsaturated/α-hetero) is 1. The predicted molar refractivity (Wildman–Crippen MR) is 75.1 cm³/mol. The van der Waals surface area contributed by atoms with Crippen molar-refractivity contribution in [1.82, 2.24) is 4.98 Å². The Hall–Kier alpha value is -2.44. The fourth-order valence-electron chi connectivity index (χ4n) is 1.40. The monoisotopic (exact) mass is 294 g/mol. The Morgan fingerprint density at radius 1 is 1.29 bits per heavy atom. The highest BCUT2D eigenvalue weighted by atomic mass is 16.6. The van der Waals surface area contributed by atoms with Crippen molar-refractivity contribution in [3.8, 4) is 0 Å². The van der Waals surface area contributed by atoms with E-state index in [1.54, 1.807) is 27.7 Å². The highest BCUT2D eigenvalue weighted by molar-refractivity contribution is 6.41. The van der Waals surface area contributed by atoms with Crippen LogP contribution in [0.1, 0.15) is 38.1 Å². The molecular weight excluding hydrogens is 276 g/mol. The van der Waals surface area contributed by atoms with E-state index in [2.05, 4.69) is 15.0 Å². The number of anilines is 1. The average molecular weight is 294 g/mol. The molecule has 0 aliphatic carbocycles. The van der Waals surface area contributed by atoms with Gasteiger partial charge in [-0.2, -0.15) is 0 Å². The van der Waals surface area contributed by atoms with E-state index in [9.17, 15) is 14.4 Å². The third-order valence-corrected chi connectivity index (χ3v) is 2.13. The van der Waals surface area contributed by atoms with Crippen molar-refractivity contribution < 1.29 is 23.9 Å². The highest BCUT2D eigenvalue weighted by Crippen LogP contribution is 2.15. The van der Waals surface area contributed by atoms with Crippen molar-refractivity contribution in [2.24, 2.45) is 0 Å². The summed E-state index contributed by atoms with van der Waals surface area (Å²) < 4.78 is 9.71. The number of nitrogens with one attached hydrogen (secondary N) is 1. The van der Waals surface area contributed by atoms with E-state index in [0.717, 1.165) is 0 Å². The molecule has 1 N–H and O–H groups in total. The summed E-state index contributed by atoms with van der Waals surface area (Å²) in [7, 11) is 0. The summed E-state index contributed by atoms with van der Waals surface area (Å²) in [6.45, 7) is 6.79. The van der Waals surface area contributed by atoms with E-state index in [0.29, 0.717) is 0 Å². The van der Waals surface area contributed by atoms with Gasteiger partial charge in [-0.15, -0.1) is 0 Å². The minimum Gasteiger partial charge on any atom is -0.460 e. The number of carbonyl (C=O) groups is 3. The summed E-state index contributed by atoms with van der Waals surface area (Å²) in [4.78, 5) is 39.0. The summed E-state index contributed by atoms with van der Waals surface area (Å²) in [6, 6.07) is 2.85. The smallest absolute Gasteiger partial charge is 0.413 e. The summed E-state index contributed by atoms with van der Waals surface area (Å²) in [6.07, 6.45) is 0.619. The third kappa shape index (κ3) is 5.21. The minimum atomic E-state index is -1.00. The lowest BCUT2D eigenvalue weighted by Crippen LogP contribution is -2.28. The van der Waals surface area contributed by atoms with Crippen LogP contribution in [0.3, 0.4) is 0 Å². The number of aromatic nitrogens is 1. The van der Waals surface area contributed by atoms with Crippen molar-refractivity contribution in [2.45, 2.75) is 33.3 Å². The van der Waals surface area contributed by atoms with Crippen LogP contribution < -0.4 is 5.32 Å². The number of esters is 1. The number of carbonyl (C=O) groups excluding carboxylic acids is 3. The molecule has 1 rings (SSSR count). The van der Waals surface area contributed by atoms with Gasteiger partial charge in [0.05, 0.1) is 12.2 Å². The zero-order valence-corrected chi connectivity index (χ0v) is 12.4. The van der Waals surface area contributed by atoms with Crippen LogP contribution in [0, 0.1) is 0 Å². The molecular formula is C14H18N2O5. The zero-order chi connectivity index (χ0) is 16.0. The van der Waals surface area contributed by atoms with Gasteiger partial charge >= 0.3 is 12.1 Å². The Balaban J connectivity index is 2.92. The molecule has 114 valence electrons. The standard InChI is InChI=1S/C14H18N2O5/c1-5-20-12(18)10(17)9-7-6-8-15-11(9)16-13(19)21-14(2,3)4/h6-8H,5H2,1-4H3,(H,15,16,19). The molecule has 1 aromatic rings. The molecule has 1 aromatic heterocycles. The van der Waals surface area contributed by atoms with Crippen LogP contribution >= 0.6 is 0 Å². The second-order valence-corrected chi connectivity index (χ2v) is 5.08. The van der Waals surface area contributed by atoms with E-state index < -0.39 is 23.4 Å². The number of nitrogens with zero attached hydrogens (tertiary/aromatic N) is 1. The van der Waals surface area contributed by atoms with E-state index in [1.807, 2.05) is 0 Å². The number of hydrogen-bond acceptors (Lipinski definition) is 6. The molecule has 0 saturated carbocycles. The number of pyridine rings is 1. The molecule has 0 unspecified atom stereocenters. The molecule has 1 amide bonds. The quantitative estimate of drug-likeness (QED) is 0.519. The lowest BCUT2D eigenvalue weighted by molar-refractivity contribution is -0.137. The molecule has 0 saturated heterocycles. The lowest BCUT2D eigenvalue weighted by atomic mass is 10.1. The summed E-state index contributed by atoms with van der Waals surface area (Å²) in [5.74, 6) is -1.93. The Labute approximate surface area is 122 Å². The van der Waals surface area contributed by atoms with E-state index in [-0.39, 0.29) is 18.0 Å². The zero-order valence-electron chi connectivity index (χ0n) is 12.4. The fraction of sp³-hybridized carbons (Fsp3) is 0.429. The van der Waals surface area contributed by atoms with Gasteiger partial charge in [-0.3, -0.25) is 10.1 Å². The second-order valence-electron chi connectivity index (χ2n) is 5.08. The first-order chi connectivity index (χ1) is 9.74. The van der Waals surface area contributed by atoms with Crippen molar-refractivity contribution in [3.63, 3.8) is 0 Å². The maximum Gasteiger partial charge on any atom is 0.413 e. The lowest BCUT2D eigenvalue weighted by Gasteiger charge is -2.19. The Bertz CT molecular complexity index is 549. The molecule has 0 aliphatic rings. The number of hydrogen-bond donors (Lipinski definition) is 1. The van der Waals surface area contributed by atoms with Gasteiger partial charge in [0.15, 0.2) is 0 Å². The highest BCUT2D eigenvalue weighted by Gasteiger charge is 2.24. The largest absolute Gasteiger partial charge is 0.460 e. The van der Waals surface area contributed by atoms with Gasteiger partial charge in [-0.25, -0.2) is 14.6 Å². The van der Waals surface area contributed by atoms with Gasteiger partial charge < -0.3 is 9.47 Å². The molecule has 0 radical (unpaired) electrons. The summed E-state index contributed by atoms with van der Waals surface area (Å²) in [5, 5.41) is 2.34. The minimum absolute atomic E-state index is 0.0511. The van der Waals surface area contributed by atoms with Crippen LogP contribution in [0.15, 0.2) is 18.3 Å². The molecule has 7 heteroatoms. The normalized spacial score (nSPS) is 10.7. The van der Waals surface area contributed by atoms with Crippen LogP contribution in [-0.2, 0) is 14.3 Å². The van der Waals surface area contributed by atoms with Gasteiger partial charge in [0.1, 0.15) is 11.4 Å². The SMILES string of the molecule is CCOC(=O)C(=O)c1cccnc1NC(=O)OC(C)(C)C. The number of ether oxygens (including phenoxy) is 2. The molecule has 0 aliphatic heterocycles. The molecule has 0 fully saturated rings. The number of ketones is 1. The first kappa shape index (κ1) is 16.6. The molecule has 0 spiro atoms. The van der Waals surface area contributed by atoms with Crippen LogP contribution in [0.2, 0.25) is 0 Å². The van der Waals surface area contributed by atoms with Crippen molar-refractivity contribution >= 4 is 23.7 Å². The van der Waals surface area contributed by atoms with Crippen LogP contribution in [0.25, 0.3) is 0 Å². The molecule has 21 heavy (non-hydrogen) atoms. The van der Waals surface area contributed by atoms with Gasteiger partial charge in [-0.1, -0.05) is 0 Å². The van der Waals surface area contributed by atoms with Crippen molar-refractivity contribution in [2.75, 3.05) is 11.9 Å². The van der Waals surface area contributed by atoms with E-state index in [4.69, 9.17) is 4.74 Å². The van der Waals surface area contributed by atoms with Crippen LogP contribution in [0.5, 0.6) is 0 Å². The van der Waals surface area contributed by atoms with Gasteiger partial charge in [-0.05, 0) is 39.8 Å². The molecule has 7 nitrogen and oxygen atoms in total. The molecule has 0 atom stereocenters. The van der Waals surface area contributed by atoms with Crippen LogP contribution in [0.4, 0.5) is 10.6 Å². The number of rotatable bonds is 4. The second kappa shape index (κ2) is 6.83. The molecule has 0 bridgehead atoms. The number of amides is 1. The summed E-state index contributed by atoms with van der Waals surface area (Å²) >= 11 is 0. The molecule has 0 aromatic carbocycles. The van der Waals surface area contributed by atoms with E-state index in [1.165, 1.54) is 18.3 Å². The van der Waals surface area contributed by atoms with Crippen molar-refractivity contribution in [3.05, 3.63) is 23.9 Å². The van der Waals surface area contributed by atoms with Gasteiger partial charge in [0.2, 0.25) is 0 Å². The average Bonchev–Trinajstić information content (AvgIpc) is 2.36. The Morgan fingerprint density at radius 2 is 1.95 bits per heavy atom. The first-order valence-electron chi connectivity index (χ1n) is 6.41. The van der Waals surface area contributed by atoms with Gasteiger partial charge in [0, 0.05) is 6.20 Å². The maximum atomic E-state index is 11.9. The predicted octanol–water partition coefficient (Wildman–Crippen LogP) is 2.17. The fourth-order valence-corrected chi connectivity index (χ4v) is 1.40. The topological polar surface area (TPSA) is 94.6 Å². The van der Waals surface area contributed by atoms with Gasteiger partial charge in [0.25, 0.3) is 5.78 Å². The first-order valence-corrected chi connectivity index (χ1v) is 6.41. The van der Waals surface area contributed by atoms with Crippen molar-refractivity contribution in [1.29, 1.82) is 0 Å². The summed E-state index contributed by atoms with van der Waals surface area (Å²) in [5.41, 5.74) is -0.744. The Morgan fingerprint density at radius 3 is 2.52 bits per heavy atom. The Kier molecular flexibility index (Phi) is 5.40. The van der Waals surface area contributed by atoms with Crippen LogP contribution in [-0.4, -0.2) is 35.0 Å². The third-order valence-electron chi connectivity index (χ3n) is 2.13. The van der Waals surface area contributed by atoms with E-state index >= 15 is 0 Å². The molecule has 1 heterocycles. The maximum absolute atomic E-state index is 11.9.